The molecule has 10 heteroatoms. The Balaban J connectivity index is 1.41. The molecule has 1 aliphatic rings. The highest BCUT2D eigenvalue weighted by molar-refractivity contribution is 7.89. The minimum absolute atomic E-state index is 0.0709. The molecule has 234 valence electrons. The molecule has 0 saturated carbocycles. The number of ether oxygens (including phenoxy) is 1. The van der Waals surface area contributed by atoms with Crippen LogP contribution >= 0.6 is 0 Å². The molecule has 0 spiro atoms. The lowest BCUT2D eigenvalue weighted by atomic mass is 9.93. The molecule has 0 radical (unpaired) electrons. The first-order valence-corrected chi connectivity index (χ1v) is 16.6. The Bertz CT molecular complexity index is 1750. The molecule has 5 rings (SSSR count). The summed E-state index contributed by atoms with van der Waals surface area (Å²) < 4.78 is 36.5. The fourth-order valence-electron chi connectivity index (χ4n) is 5.99. The molecule has 0 bridgehead atoms. The smallest absolute Gasteiger partial charge is 0.241 e. The molecule has 1 amide bonds. The first-order chi connectivity index (χ1) is 20.9. The van der Waals surface area contributed by atoms with Crippen molar-refractivity contribution in [1.29, 1.82) is 0 Å². The number of fused-ring (bicyclic) bond motifs is 1. The SMILES string of the molecule is Cc1cc(C)cc(-c2[nH]nc(OCC(C)(C)C(=O)N3CCCC3)c2CCNS(=O)(=O)c2cccc3cccc(N(C)C)c23)c1. The van der Waals surface area contributed by atoms with Crippen molar-refractivity contribution < 1.29 is 17.9 Å². The van der Waals surface area contributed by atoms with Crippen LogP contribution in [0, 0.1) is 19.3 Å². The lowest BCUT2D eigenvalue weighted by Gasteiger charge is -2.28. The van der Waals surface area contributed by atoms with Gasteiger partial charge < -0.3 is 14.5 Å². The number of carbonyl (C=O) groups excluding carboxylic acids is 1. The monoisotopic (exact) mass is 617 g/mol. The van der Waals surface area contributed by atoms with E-state index in [1.54, 1.807) is 12.1 Å². The highest BCUT2D eigenvalue weighted by atomic mass is 32.2. The van der Waals surface area contributed by atoms with Crippen LogP contribution in [0.3, 0.4) is 0 Å². The van der Waals surface area contributed by atoms with Crippen LogP contribution in [0.4, 0.5) is 5.69 Å². The van der Waals surface area contributed by atoms with E-state index in [9.17, 15) is 13.2 Å². The van der Waals surface area contributed by atoms with Gasteiger partial charge >= 0.3 is 0 Å². The van der Waals surface area contributed by atoms with Crippen LogP contribution < -0.4 is 14.4 Å². The van der Waals surface area contributed by atoms with Gasteiger partial charge in [0.15, 0.2) is 0 Å². The van der Waals surface area contributed by atoms with E-state index in [0.717, 1.165) is 65.0 Å². The average Bonchev–Trinajstić information content (AvgIpc) is 3.65. The number of nitrogens with zero attached hydrogens (tertiary/aromatic N) is 3. The standard InChI is InChI=1S/C34H43N5O4S/c1-23-19-24(2)21-26(20-23)31-27(32(37-36-31)43-22-34(3,4)33(40)39-17-7-8-18-39)15-16-35-44(41,42)29-14-10-12-25-11-9-13-28(30(25)29)38(5)6/h9-14,19-21,35H,7-8,15-18,22H2,1-6H3,(H,36,37). The first-order valence-electron chi connectivity index (χ1n) is 15.1. The third kappa shape index (κ3) is 6.61. The summed E-state index contributed by atoms with van der Waals surface area (Å²) in [6.07, 6.45) is 2.38. The van der Waals surface area contributed by atoms with Crippen molar-refractivity contribution in [2.24, 2.45) is 5.41 Å². The predicted octanol–water partition coefficient (Wildman–Crippen LogP) is 5.46. The summed E-state index contributed by atoms with van der Waals surface area (Å²) in [4.78, 5) is 17.2. The normalized spacial score (nSPS) is 13.9. The number of H-pyrrole nitrogens is 1. The van der Waals surface area contributed by atoms with Gasteiger partial charge in [0.05, 0.1) is 16.0 Å². The fourth-order valence-corrected chi connectivity index (χ4v) is 7.26. The Labute approximate surface area is 260 Å². The molecule has 1 saturated heterocycles. The maximum atomic E-state index is 13.7. The van der Waals surface area contributed by atoms with E-state index >= 15 is 0 Å². The minimum Gasteiger partial charge on any atom is -0.475 e. The van der Waals surface area contributed by atoms with Gasteiger partial charge in [0.2, 0.25) is 21.8 Å². The first kappa shape index (κ1) is 31.5. The average molecular weight is 618 g/mol. The quantitative estimate of drug-likeness (QED) is 0.232. The van der Waals surface area contributed by atoms with E-state index in [4.69, 9.17) is 4.74 Å². The molecule has 1 aromatic heterocycles. The molecule has 44 heavy (non-hydrogen) atoms. The summed E-state index contributed by atoms with van der Waals surface area (Å²) >= 11 is 0. The van der Waals surface area contributed by atoms with Crippen LogP contribution in [0.1, 0.15) is 43.4 Å². The molecule has 2 heterocycles. The minimum atomic E-state index is -3.85. The predicted molar refractivity (Wildman–Crippen MR) is 176 cm³/mol. The number of aromatic nitrogens is 2. The second kappa shape index (κ2) is 12.6. The molecule has 9 nitrogen and oxygen atoms in total. The molecule has 3 aromatic carbocycles. The number of carbonyl (C=O) groups is 1. The van der Waals surface area contributed by atoms with Gasteiger partial charge in [-0.3, -0.25) is 9.89 Å². The van der Waals surface area contributed by atoms with E-state index in [1.165, 1.54) is 0 Å². The number of nitrogens with one attached hydrogen (secondary N) is 2. The zero-order valence-corrected chi connectivity index (χ0v) is 27.3. The fraction of sp³-hybridized carbons (Fsp3) is 0.412. The summed E-state index contributed by atoms with van der Waals surface area (Å²) in [5.74, 6) is 0.447. The number of hydrogen-bond acceptors (Lipinski definition) is 6. The number of sulfonamides is 1. The van der Waals surface area contributed by atoms with E-state index in [2.05, 4.69) is 33.1 Å². The van der Waals surface area contributed by atoms with Crippen molar-refractivity contribution in [3.8, 4) is 17.1 Å². The topological polar surface area (TPSA) is 108 Å². The van der Waals surface area contributed by atoms with Crippen molar-refractivity contribution in [3.05, 3.63) is 71.3 Å². The van der Waals surface area contributed by atoms with Crippen LogP contribution in [0.25, 0.3) is 22.0 Å². The van der Waals surface area contributed by atoms with Crippen LogP contribution in [0.15, 0.2) is 59.5 Å². The molecule has 1 fully saturated rings. The van der Waals surface area contributed by atoms with Gasteiger partial charge in [0, 0.05) is 55.9 Å². The van der Waals surface area contributed by atoms with Crippen molar-refractivity contribution in [2.75, 3.05) is 45.2 Å². The largest absolute Gasteiger partial charge is 0.475 e. The Morgan fingerprint density at radius 1 is 1.05 bits per heavy atom. The highest BCUT2D eigenvalue weighted by Gasteiger charge is 2.35. The van der Waals surface area contributed by atoms with Gasteiger partial charge in [-0.15, -0.1) is 5.10 Å². The van der Waals surface area contributed by atoms with Crippen molar-refractivity contribution in [1.82, 2.24) is 19.8 Å². The molecule has 1 aliphatic heterocycles. The number of benzene rings is 3. The summed E-state index contributed by atoms with van der Waals surface area (Å²) in [5.41, 5.74) is 4.78. The zero-order valence-electron chi connectivity index (χ0n) is 26.5. The third-order valence-electron chi connectivity index (χ3n) is 8.16. The number of aromatic amines is 1. The second-order valence-electron chi connectivity index (χ2n) is 12.6. The van der Waals surface area contributed by atoms with E-state index < -0.39 is 15.4 Å². The maximum absolute atomic E-state index is 13.7. The number of anilines is 1. The Morgan fingerprint density at radius 2 is 1.70 bits per heavy atom. The Morgan fingerprint density at radius 3 is 2.36 bits per heavy atom. The lowest BCUT2D eigenvalue weighted by molar-refractivity contribution is -0.140. The van der Waals surface area contributed by atoms with E-state index in [1.807, 2.05) is 75.9 Å². The molecule has 0 atom stereocenters. The molecule has 0 unspecified atom stereocenters. The summed E-state index contributed by atoms with van der Waals surface area (Å²) in [7, 11) is -0.0477. The van der Waals surface area contributed by atoms with Crippen LogP contribution in [0.5, 0.6) is 5.88 Å². The number of hydrogen-bond donors (Lipinski definition) is 2. The maximum Gasteiger partial charge on any atom is 0.241 e. The number of likely N-dealkylation sites (tertiary alicyclic amines) is 1. The summed E-state index contributed by atoms with van der Waals surface area (Å²) in [6.45, 7) is 9.71. The van der Waals surface area contributed by atoms with Crippen LogP contribution in [-0.2, 0) is 21.2 Å². The summed E-state index contributed by atoms with van der Waals surface area (Å²) in [6, 6.07) is 17.3. The van der Waals surface area contributed by atoms with Gasteiger partial charge in [-0.2, -0.15) is 0 Å². The summed E-state index contributed by atoms with van der Waals surface area (Å²) in [5, 5.41) is 9.17. The van der Waals surface area contributed by atoms with Crippen LogP contribution in [-0.4, -0.2) is 69.8 Å². The third-order valence-corrected chi connectivity index (χ3v) is 9.67. The molecular formula is C34H43N5O4S. The van der Waals surface area contributed by atoms with Gasteiger partial charge in [0.1, 0.15) is 6.61 Å². The Kier molecular flexibility index (Phi) is 9.04. The van der Waals surface area contributed by atoms with Crippen molar-refractivity contribution in [2.45, 2.75) is 51.9 Å². The van der Waals surface area contributed by atoms with Crippen molar-refractivity contribution in [3.63, 3.8) is 0 Å². The zero-order chi connectivity index (χ0) is 31.6. The molecule has 0 aliphatic carbocycles. The molecule has 2 N–H and O–H groups in total. The number of amides is 1. The highest BCUT2D eigenvalue weighted by Crippen LogP contribution is 2.33. The van der Waals surface area contributed by atoms with Gasteiger partial charge in [-0.1, -0.05) is 41.5 Å². The van der Waals surface area contributed by atoms with Crippen molar-refractivity contribution >= 4 is 32.4 Å². The van der Waals surface area contributed by atoms with Crippen LogP contribution in [0.2, 0.25) is 0 Å². The van der Waals surface area contributed by atoms with Gasteiger partial charge in [0.25, 0.3) is 0 Å². The Hall–Kier alpha value is -3.89. The lowest BCUT2D eigenvalue weighted by Crippen LogP contribution is -2.42. The molecular weight excluding hydrogens is 574 g/mol. The van der Waals surface area contributed by atoms with E-state index in [-0.39, 0.29) is 24.0 Å². The van der Waals surface area contributed by atoms with Gasteiger partial charge in [-0.25, -0.2) is 13.1 Å². The van der Waals surface area contributed by atoms with Gasteiger partial charge in [-0.05, 0) is 76.6 Å². The molecule has 4 aromatic rings. The van der Waals surface area contributed by atoms with E-state index in [0.29, 0.717) is 17.7 Å². The second-order valence-corrected chi connectivity index (χ2v) is 14.3. The number of rotatable bonds is 11. The number of aryl methyl sites for hydroxylation is 2.